The molecule has 156 valence electrons. The molecule has 2 amide bonds. The first kappa shape index (κ1) is 19.1. The van der Waals surface area contributed by atoms with Crippen LogP contribution in [0, 0.1) is 0 Å². The number of benzene rings is 3. The molecule has 2 heterocycles. The fourth-order valence-electron chi connectivity index (χ4n) is 4.16. The summed E-state index contributed by atoms with van der Waals surface area (Å²) in [4.78, 5) is 33.1. The van der Waals surface area contributed by atoms with Gasteiger partial charge in [0.25, 0.3) is 5.91 Å². The Balaban J connectivity index is 1.46. The van der Waals surface area contributed by atoms with Crippen molar-refractivity contribution in [3.63, 3.8) is 0 Å². The molecule has 1 saturated heterocycles. The van der Waals surface area contributed by atoms with Crippen LogP contribution in [0.2, 0.25) is 0 Å². The van der Waals surface area contributed by atoms with E-state index in [0.717, 1.165) is 10.8 Å². The molecule has 7 heteroatoms. The molecule has 3 aromatic carbocycles. The second-order valence-corrected chi connectivity index (χ2v) is 7.61. The maximum atomic E-state index is 13.4. The summed E-state index contributed by atoms with van der Waals surface area (Å²) in [7, 11) is 3.13. The lowest BCUT2D eigenvalue weighted by Crippen LogP contribution is -2.40. The van der Waals surface area contributed by atoms with Gasteiger partial charge in [-0.05, 0) is 41.1 Å². The highest BCUT2D eigenvalue weighted by Gasteiger charge is 2.58. The van der Waals surface area contributed by atoms with Crippen LogP contribution in [-0.2, 0) is 14.4 Å². The van der Waals surface area contributed by atoms with Crippen LogP contribution in [0.3, 0.4) is 0 Å². The minimum atomic E-state index is -1.34. The number of ether oxygens (including phenoxy) is 2. The molecule has 1 fully saturated rings. The van der Waals surface area contributed by atoms with Crippen LogP contribution in [0.5, 0.6) is 11.5 Å². The zero-order valence-electron chi connectivity index (χ0n) is 17.1. The highest BCUT2D eigenvalue weighted by Crippen LogP contribution is 2.41. The van der Waals surface area contributed by atoms with Crippen LogP contribution in [0.15, 0.2) is 65.8 Å². The summed E-state index contributed by atoms with van der Waals surface area (Å²) in [5, 5.41) is 6.16. The summed E-state index contributed by atoms with van der Waals surface area (Å²) in [6.07, 6.45) is 0.100. The smallest absolute Gasteiger partial charge is 0.281 e. The van der Waals surface area contributed by atoms with Gasteiger partial charge in [-0.25, -0.2) is 4.90 Å². The second-order valence-electron chi connectivity index (χ2n) is 7.61. The largest absolute Gasteiger partial charge is 0.497 e. The molecule has 0 saturated carbocycles. The zero-order valence-corrected chi connectivity index (χ0v) is 17.1. The number of rotatable bonds is 4. The standard InChI is InChI=1S/C24H20N2O5/c1-29-18-9-10-21(30-2)19(12-18)20-13-24(31-25-20)14-22(27)26(23(24)28)17-8-7-15-5-3-4-6-16(15)11-17/h3-12H,13-14H2,1-2H3/t24-/m1/s1. The number of oxime groups is 1. The minimum Gasteiger partial charge on any atom is -0.497 e. The topological polar surface area (TPSA) is 77.4 Å². The number of hydrogen-bond acceptors (Lipinski definition) is 6. The van der Waals surface area contributed by atoms with Crippen LogP contribution in [0.25, 0.3) is 10.8 Å². The second kappa shape index (κ2) is 7.12. The van der Waals surface area contributed by atoms with Crippen molar-refractivity contribution < 1.29 is 23.9 Å². The highest BCUT2D eigenvalue weighted by atomic mass is 16.7. The number of carbonyl (C=O) groups is 2. The maximum absolute atomic E-state index is 13.4. The maximum Gasteiger partial charge on any atom is 0.281 e. The van der Waals surface area contributed by atoms with E-state index in [1.807, 2.05) is 36.4 Å². The molecule has 1 atom stereocenters. The summed E-state index contributed by atoms with van der Waals surface area (Å²) < 4.78 is 10.7. The number of amides is 2. The van der Waals surface area contributed by atoms with Gasteiger partial charge in [-0.3, -0.25) is 9.59 Å². The monoisotopic (exact) mass is 416 g/mol. The Hall–Kier alpha value is -3.87. The van der Waals surface area contributed by atoms with Gasteiger partial charge in [0.2, 0.25) is 11.5 Å². The Kier molecular flexibility index (Phi) is 4.39. The van der Waals surface area contributed by atoms with Crippen molar-refractivity contribution in [1.82, 2.24) is 0 Å². The Morgan fingerprint density at radius 2 is 1.74 bits per heavy atom. The molecule has 0 unspecified atom stereocenters. The summed E-state index contributed by atoms with van der Waals surface area (Å²) in [6, 6.07) is 18.6. The molecule has 0 aromatic heterocycles. The van der Waals surface area contributed by atoms with E-state index in [1.165, 1.54) is 4.90 Å². The fourth-order valence-corrected chi connectivity index (χ4v) is 4.16. The number of anilines is 1. The summed E-state index contributed by atoms with van der Waals surface area (Å²) in [5.74, 6) is 0.497. The Morgan fingerprint density at radius 1 is 0.935 bits per heavy atom. The van der Waals surface area contributed by atoms with Crippen molar-refractivity contribution >= 4 is 34.0 Å². The first-order valence-corrected chi connectivity index (χ1v) is 9.88. The third-order valence-electron chi connectivity index (χ3n) is 5.77. The predicted octanol–water partition coefficient (Wildman–Crippen LogP) is 3.68. The number of imide groups is 1. The fraction of sp³-hybridized carbons (Fsp3) is 0.208. The molecule has 5 rings (SSSR count). The molecule has 0 N–H and O–H groups in total. The van der Waals surface area contributed by atoms with Gasteiger partial charge in [0.05, 0.1) is 32.0 Å². The predicted molar refractivity (Wildman–Crippen MR) is 116 cm³/mol. The summed E-state index contributed by atoms with van der Waals surface area (Å²) >= 11 is 0. The Bertz CT molecular complexity index is 1250. The minimum absolute atomic E-state index is 0.0715. The van der Waals surface area contributed by atoms with E-state index in [9.17, 15) is 9.59 Å². The zero-order chi connectivity index (χ0) is 21.6. The van der Waals surface area contributed by atoms with Gasteiger partial charge in [-0.15, -0.1) is 0 Å². The van der Waals surface area contributed by atoms with Gasteiger partial charge in [-0.1, -0.05) is 35.5 Å². The first-order chi connectivity index (χ1) is 15.0. The van der Waals surface area contributed by atoms with Crippen molar-refractivity contribution in [2.75, 3.05) is 19.1 Å². The van der Waals surface area contributed by atoms with Crippen LogP contribution in [-0.4, -0.2) is 37.3 Å². The van der Waals surface area contributed by atoms with E-state index in [-0.39, 0.29) is 18.7 Å². The van der Waals surface area contributed by atoms with Gasteiger partial charge in [0.1, 0.15) is 11.5 Å². The van der Waals surface area contributed by atoms with Crippen molar-refractivity contribution in [2.45, 2.75) is 18.4 Å². The quantitative estimate of drug-likeness (QED) is 0.607. The van der Waals surface area contributed by atoms with E-state index in [0.29, 0.717) is 28.5 Å². The van der Waals surface area contributed by atoms with E-state index in [1.54, 1.807) is 38.5 Å². The molecule has 31 heavy (non-hydrogen) atoms. The number of nitrogens with zero attached hydrogens (tertiary/aromatic N) is 2. The van der Waals surface area contributed by atoms with Crippen LogP contribution in [0.1, 0.15) is 18.4 Å². The lowest BCUT2D eigenvalue weighted by Gasteiger charge is -2.20. The third-order valence-corrected chi connectivity index (χ3v) is 5.77. The molecule has 0 aliphatic carbocycles. The summed E-state index contributed by atoms with van der Waals surface area (Å²) in [6.45, 7) is 0. The van der Waals surface area contributed by atoms with Gasteiger partial charge >= 0.3 is 0 Å². The Labute approximate surface area is 178 Å². The number of methoxy groups -OCH3 is 2. The van der Waals surface area contributed by atoms with Gasteiger partial charge < -0.3 is 14.3 Å². The molecular weight excluding hydrogens is 396 g/mol. The van der Waals surface area contributed by atoms with Crippen LogP contribution < -0.4 is 14.4 Å². The van der Waals surface area contributed by atoms with E-state index >= 15 is 0 Å². The lowest BCUT2D eigenvalue weighted by molar-refractivity contribution is -0.136. The molecule has 1 spiro atoms. The van der Waals surface area contributed by atoms with Gasteiger partial charge in [0, 0.05) is 12.0 Å². The molecule has 2 aliphatic rings. The molecule has 7 nitrogen and oxygen atoms in total. The van der Waals surface area contributed by atoms with E-state index in [2.05, 4.69) is 5.16 Å². The summed E-state index contributed by atoms with van der Waals surface area (Å²) in [5.41, 5.74) is 0.397. The van der Waals surface area contributed by atoms with Crippen molar-refractivity contribution in [3.05, 3.63) is 66.2 Å². The third kappa shape index (κ3) is 3.01. The molecular formula is C24H20N2O5. The van der Waals surface area contributed by atoms with Gasteiger partial charge in [-0.2, -0.15) is 0 Å². The van der Waals surface area contributed by atoms with Crippen molar-refractivity contribution in [1.29, 1.82) is 0 Å². The first-order valence-electron chi connectivity index (χ1n) is 9.88. The SMILES string of the molecule is COc1ccc(OC)c(C2=NO[C@@]3(CC(=O)N(c4ccc5ccccc5c4)C3=O)C2)c1. The van der Waals surface area contributed by atoms with Crippen LogP contribution in [0.4, 0.5) is 5.69 Å². The van der Waals surface area contributed by atoms with Gasteiger partial charge in [0.15, 0.2) is 0 Å². The lowest BCUT2D eigenvalue weighted by atomic mass is 9.92. The molecule has 0 radical (unpaired) electrons. The number of fused-ring (bicyclic) bond motifs is 1. The molecule has 2 aliphatic heterocycles. The number of hydrogen-bond donors (Lipinski definition) is 0. The molecule has 0 bridgehead atoms. The normalized spacial score (nSPS) is 20.3. The average molecular weight is 416 g/mol. The van der Waals surface area contributed by atoms with E-state index in [4.69, 9.17) is 14.3 Å². The average Bonchev–Trinajstić information content (AvgIpc) is 3.33. The Morgan fingerprint density at radius 3 is 2.52 bits per heavy atom. The van der Waals surface area contributed by atoms with Crippen LogP contribution >= 0.6 is 0 Å². The van der Waals surface area contributed by atoms with Crippen molar-refractivity contribution in [3.8, 4) is 11.5 Å². The molecule has 3 aromatic rings. The van der Waals surface area contributed by atoms with E-state index < -0.39 is 11.5 Å². The number of carbonyl (C=O) groups excluding carboxylic acids is 2. The van der Waals surface area contributed by atoms with Crippen molar-refractivity contribution in [2.24, 2.45) is 5.16 Å². The highest BCUT2D eigenvalue weighted by molar-refractivity contribution is 6.26.